The summed E-state index contributed by atoms with van der Waals surface area (Å²) in [6.07, 6.45) is 2.21. The molecular formula is C9H20O2Si. The molecule has 1 rings (SSSR count). The Morgan fingerprint density at radius 1 is 1.42 bits per heavy atom. The number of epoxide rings is 1. The van der Waals surface area contributed by atoms with E-state index in [1.165, 1.54) is 0 Å². The van der Waals surface area contributed by atoms with Gasteiger partial charge in [0.05, 0.1) is 26.0 Å². The van der Waals surface area contributed by atoms with E-state index in [4.69, 9.17) is 9.84 Å². The Morgan fingerprint density at radius 3 is 2.33 bits per heavy atom. The summed E-state index contributed by atoms with van der Waals surface area (Å²) in [4.78, 5) is 0. The van der Waals surface area contributed by atoms with E-state index in [9.17, 15) is 0 Å². The van der Waals surface area contributed by atoms with Gasteiger partial charge < -0.3 is 9.84 Å². The van der Waals surface area contributed by atoms with Crippen LogP contribution in [0.1, 0.15) is 19.8 Å². The zero-order valence-corrected chi connectivity index (χ0v) is 9.50. The van der Waals surface area contributed by atoms with Crippen LogP contribution in [0, 0.1) is 0 Å². The van der Waals surface area contributed by atoms with Crippen LogP contribution in [0.3, 0.4) is 0 Å². The molecule has 1 N–H and O–H groups in total. The van der Waals surface area contributed by atoms with Gasteiger partial charge >= 0.3 is 0 Å². The SMILES string of the molecule is C[C@@H](O)CCC1OC1[Si](C)(C)C. The summed E-state index contributed by atoms with van der Waals surface area (Å²) in [5, 5.41) is 9.07. The fourth-order valence-electron chi connectivity index (χ4n) is 1.53. The van der Waals surface area contributed by atoms with Crippen molar-refractivity contribution in [2.45, 2.75) is 57.3 Å². The number of aliphatic hydroxyl groups is 1. The quantitative estimate of drug-likeness (QED) is 0.539. The van der Waals surface area contributed by atoms with Crippen molar-refractivity contribution in [3.05, 3.63) is 0 Å². The minimum Gasteiger partial charge on any atom is -0.393 e. The topological polar surface area (TPSA) is 32.8 Å². The van der Waals surface area contributed by atoms with Crippen molar-refractivity contribution in [1.82, 2.24) is 0 Å². The summed E-state index contributed by atoms with van der Waals surface area (Å²) in [5.74, 6) is 0. The second-order valence-corrected chi connectivity index (χ2v) is 10.2. The van der Waals surface area contributed by atoms with Crippen LogP contribution < -0.4 is 0 Å². The molecular weight excluding hydrogens is 168 g/mol. The molecule has 0 aromatic heterocycles. The summed E-state index contributed by atoms with van der Waals surface area (Å²) in [5.41, 5.74) is 0.552. The Bertz CT molecular complexity index is 151. The van der Waals surface area contributed by atoms with Crippen LogP contribution >= 0.6 is 0 Å². The van der Waals surface area contributed by atoms with Gasteiger partial charge in [-0.15, -0.1) is 0 Å². The van der Waals surface area contributed by atoms with Crippen molar-refractivity contribution in [2.75, 3.05) is 0 Å². The molecule has 0 bridgehead atoms. The number of hydrogen-bond acceptors (Lipinski definition) is 2. The first-order chi connectivity index (χ1) is 5.41. The largest absolute Gasteiger partial charge is 0.393 e. The van der Waals surface area contributed by atoms with Gasteiger partial charge in [0.2, 0.25) is 0 Å². The first-order valence-corrected chi connectivity index (χ1v) is 8.32. The van der Waals surface area contributed by atoms with Gasteiger partial charge in [-0.1, -0.05) is 19.6 Å². The zero-order chi connectivity index (χ0) is 9.35. The zero-order valence-electron chi connectivity index (χ0n) is 8.50. The highest BCUT2D eigenvalue weighted by Gasteiger charge is 2.47. The Labute approximate surface area is 75.9 Å². The van der Waals surface area contributed by atoms with E-state index in [-0.39, 0.29) is 6.10 Å². The molecule has 0 aromatic carbocycles. The van der Waals surface area contributed by atoms with Crippen LogP contribution in [-0.2, 0) is 4.74 Å². The maximum atomic E-state index is 9.07. The van der Waals surface area contributed by atoms with Crippen LogP contribution in [0.25, 0.3) is 0 Å². The van der Waals surface area contributed by atoms with Crippen molar-refractivity contribution in [2.24, 2.45) is 0 Å². The molecule has 3 atom stereocenters. The first-order valence-electron chi connectivity index (χ1n) is 4.75. The van der Waals surface area contributed by atoms with Gasteiger partial charge in [-0.2, -0.15) is 0 Å². The van der Waals surface area contributed by atoms with Crippen LogP contribution in [0.5, 0.6) is 0 Å². The van der Waals surface area contributed by atoms with E-state index in [2.05, 4.69) is 19.6 Å². The third-order valence-electron chi connectivity index (χ3n) is 2.30. The van der Waals surface area contributed by atoms with Crippen LogP contribution in [0.2, 0.25) is 19.6 Å². The number of rotatable bonds is 4. The molecule has 1 aliphatic rings. The van der Waals surface area contributed by atoms with E-state index in [0.717, 1.165) is 12.8 Å². The Morgan fingerprint density at radius 2 is 2.00 bits per heavy atom. The van der Waals surface area contributed by atoms with Crippen molar-refractivity contribution in [1.29, 1.82) is 0 Å². The molecule has 0 aliphatic carbocycles. The van der Waals surface area contributed by atoms with Crippen LogP contribution in [-0.4, -0.2) is 31.1 Å². The molecule has 2 nitrogen and oxygen atoms in total. The van der Waals surface area contributed by atoms with Gasteiger partial charge in [-0.3, -0.25) is 0 Å². The van der Waals surface area contributed by atoms with Gasteiger partial charge in [0.1, 0.15) is 0 Å². The monoisotopic (exact) mass is 188 g/mol. The summed E-state index contributed by atoms with van der Waals surface area (Å²) in [6, 6.07) is 0. The van der Waals surface area contributed by atoms with Crippen molar-refractivity contribution >= 4 is 8.07 Å². The van der Waals surface area contributed by atoms with E-state index in [0.29, 0.717) is 11.8 Å². The lowest BCUT2D eigenvalue weighted by Gasteiger charge is -2.11. The molecule has 12 heavy (non-hydrogen) atoms. The molecule has 0 radical (unpaired) electrons. The highest BCUT2D eigenvalue weighted by Crippen LogP contribution is 2.34. The smallest absolute Gasteiger partial charge is 0.0819 e. The average Bonchev–Trinajstić information content (AvgIpc) is 2.59. The maximum Gasteiger partial charge on any atom is 0.0819 e. The van der Waals surface area contributed by atoms with Crippen LogP contribution in [0.4, 0.5) is 0 Å². The molecule has 1 aliphatic heterocycles. The molecule has 0 saturated carbocycles. The van der Waals surface area contributed by atoms with Gasteiger partial charge in [0.15, 0.2) is 0 Å². The Hall–Kier alpha value is 0.137. The maximum absolute atomic E-state index is 9.07. The number of aliphatic hydroxyl groups excluding tert-OH is 1. The van der Waals surface area contributed by atoms with E-state index < -0.39 is 8.07 Å². The fourth-order valence-corrected chi connectivity index (χ4v) is 3.39. The van der Waals surface area contributed by atoms with Gasteiger partial charge in [0.25, 0.3) is 0 Å². The second kappa shape index (κ2) is 3.48. The fraction of sp³-hybridized carbons (Fsp3) is 1.00. The van der Waals surface area contributed by atoms with Crippen molar-refractivity contribution in [3.63, 3.8) is 0 Å². The third-order valence-corrected chi connectivity index (χ3v) is 4.52. The summed E-state index contributed by atoms with van der Waals surface area (Å²) in [6.45, 7) is 8.84. The highest BCUT2D eigenvalue weighted by atomic mass is 28.3. The van der Waals surface area contributed by atoms with Crippen molar-refractivity contribution in [3.8, 4) is 0 Å². The van der Waals surface area contributed by atoms with E-state index in [1.807, 2.05) is 6.92 Å². The normalized spacial score (nSPS) is 31.8. The highest BCUT2D eigenvalue weighted by molar-refractivity contribution is 6.78. The standard InChI is InChI=1S/C9H20O2Si/c1-7(10)5-6-8-9(11-8)12(2,3)4/h7-10H,5-6H2,1-4H3/t7-,8?,9?/m1/s1. The first kappa shape index (κ1) is 10.2. The third kappa shape index (κ3) is 2.88. The van der Waals surface area contributed by atoms with Crippen LogP contribution in [0.15, 0.2) is 0 Å². The second-order valence-electron chi connectivity index (χ2n) is 4.89. The van der Waals surface area contributed by atoms with Gasteiger partial charge in [-0.25, -0.2) is 0 Å². The lowest BCUT2D eigenvalue weighted by Crippen LogP contribution is -2.30. The molecule has 2 unspecified atom stereocenters. The predicted octanol–water partition coefficient (Wildman–Crippen LogP) is 1.79. The van der Waals surface area contributed by atoms with E-state index >= 15 is 0 Å². The molecule has 0 aromatic rings. The number of hydrogen-bond donors (Lipinski definition) is 1. The molecule has 0 amide bonds. The minimum atomic E-state index is -1.06. The predicted molar refractivity (Wildman–Crippen MR) is 52.9 cm³/mol. The number of ether oxygens (including phenoxy) is 1. The Balaban J connectivity index is 2.16. The van der Waals surface area contributed by atoms with Gasteiger partial charge in [0, 0.05) is 0 Å². The average molecular weight is 188 g/mol. The van der Waals surface area contributed by atoms with E-state index in [1.54, 1.807) is 0 Å². The van der Waals surface area contributed by atoms with Crippen molar-refractivity contribution < 1.29 is 9.84 Å². The molecule has 1 heterocycles. The molecule has 3 heteroatoms. The minimum absolute atomic E-state index is 0.170. The summed E-state index contributed by atoms with van der Waals surface area (Å²) >= 11 is 0. The molecule has 0 spiro atoms. The summed E-state index contributed by atoms with van der Waals surface area (Å²) in [7, 11) is -1.06. The molecule has 1 fully saturated rings. The molecule has 72 valence electrons. The molecule has 1 saturated heterocycles. The summed E-state index contributed by atoms with van der Waals surface area (Å²) < 4.78 is 5.58. The lowest BCUT2D eigenvalue weighted by atomic mass is 10.2. The van der Waals surface area contributed by atoms with Gasteiger partial charge in [-0.05, 0) is 19.8 Å². The lowest BCUT2D eigenvalue weighted by molar-refractivity contribution is 0.176. The Kier molecular flexibility index (Phi) is 2.96.